The molecular formula is C13H10BrF2NO. The summed E-state index contributed by atoms with van der Waals surface area (Å²) in [7, 11) is 0. The third kappa shape index (κ3) is 2.91. The Labute approximate surface area is 111 Å². The molecule has 1 heterocycles. The second-order valence-electron chi connectivity index (χ2n) is 3.83. The van der Waals surface area contributed by atoms with Crippen LogP contribution in [0, 0.1) is 11.6 Å². The molecule has 0 bridgehead atoms. The molecule has 0 aliphatic carbocycles. The van der Waals surface area contributed by atoms with Crippen molar-refractivity contribution < 1.29 is 13.9 Å². The number of nitrogens with zero attached hydrogens (tertiary/aromatic N) is 1. The van der Waals surface area contributed by atoms with Crippen LogP contribution in [0.1, 0.15) is 17.4 Å². The van der Waals surface area contributed by atoms with Gasteiger partial charge in [-0.2, -0.15) is 0 Å². The van der Waals surface area contributed by atoms with Crippen molar-refractivity contribution in [1.82, 2.24) is 4.98 Å². The summed E-state index contributed by atoms with van der Waals surface area (Å²) in [6, 6.07) is 6.83. The molecule has 2 aromatic rings. The molecule has 0 aliphatic rings. The molecule has 0 aliphatic heterocycles. The van der Waals surface area contributed by atoms with Crippen LogP contribution < -0.4 is 0 Å². The minimum Gasteiger partial charge on any atom is -0.386 e. The lowest BCUT2D eigenvalue weighted by molar-refractivity contribution is 0.168. The molecule has 5 heteroatoms. The van der Waals surface area contributed by atoms with E-state index in [1.165, 1.54) is 30.5 Å². The molecule has 1 aromatic heterocycles. The van der Waals surface area contributed by atoms with Crippen LogP contribution >= 0.6 is 15.9 Å². The zero-order valence-electron chi connectivity index (χ0n) is 9.28. The summed E-state index contributed by atoms with van der Waals surface area (Å²) >= 11 is 3.26. The van der Waals surface area contributed by atoms with Gasteiger partial charge >= 0.3 is 0 Å². The molecular weight excluding hydrogens is 304 g/mol. The summed E-state index contributed by atoms with van der Waals surface area (Å²) < 4.78 is 27.2. The Morgan fingerprint density at radius 3 is 2.78 bits per heavy atom. The van der Waals surface area contributed by atoms with Gasteiger partial charge in [0.05, 0.1) is 0 Å². The second kappa shape index (κ2) is 5.54. The first-order valence-corrected chi connectivity index (χ1v) is 6.09. The first-order chi connectivity index (χ1) is 8.58. The van der Waals surface area contributed by atoms with Gasteiger partial charge in [-0.25, -0.2) is 8.78 Å². The van der Waals surface area contributed by atoms with Crippen molar-refractivity contribution in [3.8, 4) is 0 Å². The van der Waals surface area contributed by atoms with Crippen LogP contribution in [0.2, 0.25) is 0 Å². The van der Waals surface area contributed by atoms with Crippen molar-refractivity contribution in [2.75, 3.05) is 0 Å². The number of aromatic nitrogens is 1. The molecule has 0 fully saturated rings. The summed E-state index contributed by atoms with van der Waals surface area (Å²) in [4.78, 5) is 3.79. The van der Waals surface area contributed by atoms with E-state index in [9.17, 15) is 13.9 Å². The van der Waals surface area contributed by atoms with Gasteiger partial charge in [-0.05, 0) is 35.9 Å². The molecule has 1 aromatic carbocycles. The minimum atomic E-state index is -1.11. The van der Waals surface area contributed by atoms with E-state index < -0.39 is 17.7 Å². The Bertz CT molecular complexity index is 562. The third-order valence-electron chi connectivity index (χ3n) is 2.52. The van der Waals surface area contributed by atoms with Gasteiger partial charge < -0.3 is 5.11 Å². The highest BCUT2D eigenvalue weighted by Gasteiger charge is 2.16. The highest BCUT2D eigenvalue weighted by molar-refractivity contribution is 9.10. The number of halogens is 3. The Hall–Kier alpha value is -1.33. The predicted molar refractivity (Wildman–Crippen MR) is 67.0 cm³/mol. The SMILES string of the molecule is OC(Cc1cc(F)ccc1Br)c1ncccc1F. The molecule has 2 rings (SSSR count). The molecule has 1 unspecified atom stereocenters. The van der Waals surface area contributed by atoms with Crippen molar-refractivity contribution in [3.05, 3.63) is 63.9 Å². The van der Waals surface area contributed by atoms with Gasteiger partial charge in [0.2, 0.25) is 0 Å². The Morgan fingerprint density at radius 1 is 1.28 bits per heavy atom. The maximum Gasteiger partial charge on any atom is 0.147 e. The normalized spacial score (nSPS) is 12.4. The average Bonchev–Trinajstić information content (AvgIpc) is 2.34. The number of hydrogen-bond donors (Lipinski definition) is 1. The smallest absolute Gasteiger partial charge is 0.147 e. The highest BCUT2D eigenvalue weighted by atomic mass is 79.9. The van der Waals surface area contributed by atoms with Crippen molar-refractivity contribution in [2.24, 2.45) is 0 Å². The fourth-order valence-electron chi connectivity index (χ4n) is 1.65. The van der Waals surface area contributed by atoms with Gasteiger partial charge in [-0.3, -0.25) is 4.98 Å². The quantitative estimate of drug-likeness (QED) is 0.942. The van der Waals surface area contributed by atoms with Crippen LogP contribution in [0.25, 0.3) is 0 Å². The fraction of sp³-hybridized carbons (Fsp3) is 0.154. The van der Waals surface area contributed by atoms with E-state index in [1.54, 1.807) is 6.07 Å². The van der Waals surface area contributed by atoms with Crippen LogP contribution in [0.3, 0.4) is 0 Å². The van der Waals surface area contributed by atoms with Gasteiger partial charge in [0.15, 0.2) is 0 Å². The number of aliphatic hydroxyl groups is 1. The molecule has 0 saturated carbocycles. The van der Waals surface area contributed by atoms with Crippen molar-refractivity contribution >= 4 is 15.9 Å². The molecule has 0 radical (unpaired) electrons. The van der Waals surface area contributed by atoms with Gasteiger partial charge in [0.1, 0.15) is 23.4 Å². The molecule has 1 N–H and O–H groups in total. The molecule has 18 heavy (non-hydrogen) atoms. The van der Waals surface area contributed by atoms with E-state index in [0.717, 1.165) is 0 Å². The largest absolute Gasteiger partial charge is 0.386 e. The molecule has 0 spiro atoms. The van der Waals surface area contributed by atoms with Gasteiger partial charge in [-0.15, -0.1) is 0 Å². The average molecular weight is 314 g/mol. The monoisotopic (exact) mass is 313 g/mol. The van der Waals surface area contributed by atoms with E-state index in [-0.39, 0.29) is 12.1 Å². The van der Waals surface area contributed by atoms with Crippen LogP contribution in [-0.2, 0) is 6.42 Å². The third-order valence-corrected chi connectivity index (χ3v) is 3.30. The van der Waals surface area contributed by atoms with Crippen LogP contribution in [0.5, 0.6) is 0 Å². The topological polar surface area (TPSA) is 33.1 Å². The number of rotatable bonds is 3. The van der Waals surface area contributed by atoms with E-state index in [2.05, 4.69) is 20.9 Å². The van der Waals surface area contributed by atoms with E-state index >= 15 is 0 Å². The summed E-state index contributed by atoms with van der Waals surface area (Å²) in [5.74, 6) is -0.973. The first-order valence-electron chi connectivity index (χ1n) is 5.30. The lowest BCUT2D eigenvalue weighted by Gasteiger charge is -2.12. The predicted octanol–water partition coefficient (Wildman–Crippen LogP) is 3.40. The lowest BCUT2D eigenvalue weighted by atomic mass is 10.0. The molecule has 0 amide bonds. The van der Waals surface area contributed by atoms with Crippen LogP contribution in [0.4, 0.5) is 8.78 Å². The maximum atomic E-state index is 13.4. The van der Waals surface area contributed by atoms with Crippen molar-refractivity contribution in [2.45, 2.75) is 12.5 Å². The zero-order valence-corrected chi connectivity index (χ0v) is 10.9. The number of pyridine rings is 1. The van der Waals surface area contributed by atoms with Gasteiger partial charge in [0.25, 0.3) is 0 Å². The summed E-state index contributed by atoms with van der Waals surface area (Å²) in [6.45, 7) is 0. The Balaban J connectivity index is 2.24. The van der Waals surface area contributed by atoms with Crippen LogP contribution in [0.15, 0.2) is 41.0 Å². The summed E-state index contributed by atoms with van der Waals surface area (Å²) in [5.41, 5.74) is 0.529. The minimum absolute atomic E-state index is 0.0336. The van der Waals surface area contributed by atoms with E-state index in [0.29, 0.717) is 10.0 Å². The van der Waals surface area contributed by atoms with E-state index in [1.807, 2.05) is 0 Å². The Kier molecular flexibility index (Phi) is 4.04. The van der Waals surface area contributed by atoms with Gasteiger partial charge in [-0.1, -0.05) is 15.9 Å². The lowest BCUT2D eigenvalue weighted by Crippen LogP contribution is -2.07. The summed E-state index contributed by atoms with van der Waals surface area (Å²) in [5, 5.41) is 9.92. The number of benzene rings is 1. The number of hydrogen-bond acceptors (Lipinski definition) is 2. The molecule has 1 atom stereocenters. The van der Waals surface area contributed by atoms with E-state index in [4.69, 9.17) is 0 Å². The first kappa shape index (κ1) is 13.1. The molecule has 2 nitrogen and oxygen atoms in total. The number of aliphatic hydroxyl groups excluding tert-OH is 1. The molecule has 0 saturated heterocycles. The summed E-state index contributed by atoms with van der Waals surface area (Å²) in [6.07, 6.45) is 0.387. The maximum absolute atomic E-state index is 13.4. The highest BCUT2D eigenvalue weighted by Crippen LogP contribution is 2.24. The standard InChI is InChI=1S/C13H10BrF2NO/c14-10-4-3-9(15)6-8(10)7-12(18)13-11(16)2-1-5-17-13/h1-6,12,18H,7H2. The van der Waals surface area contributed by atoms with Crippen LogP contribution in [-0.4, -0.2) is 10.1 Å². The van der Waals surface area contributed by atoms with Crippen molar-refractivity contribution in [1.29, 1.82) is 0 Å². The Morgan fingerprint density at radius 2 is 2.06 bits per heavy atom. The van der Waals surface area contributed by atoms with Crippen molar-refractivity contribution in [3.63, 3.8) is 0 Å². The fourth-order valence-corrected chi connectivity index (χ4v) is 2.06. The zero-order chi connectivity index (χ0) is 13.1. The van der Waals surface area contributed by atoms with Gasteiger partial charge in [0, 0.05) is 17.1 Å². The second-order valence-corrected chi connectivity index (χ2v) is 4.68. The molecule has 94 valence electrons.